The van der Waals surface area contributed by atoms with Gasteiger partial charge >= 0.3 is 0 Å². The maximum absolute atomic E-state index is 11.8. The summed E-state index contributed by atoms with van der Waals surface area (Å²) in [4.78, 5) is 10.2. The molecule has 0 aliphatic heterocycles. The molecule has 0 radical (unpaired) electrons. The van der Waals surface area contributed by atoms with Crippen LogP contribution in [0.5, 0.6) is 5.75 Å². The molecule has 0 saturated heterocycles. The molecule has 63 heavy (non-hydrogen) atoms. The smallest absolute Gasteiger partial charge is 0.148 e. The number of phenolic OH excluding ortho intramolecular Hbond substituents is 1. The zero-order valence-electron chi connectivity index (χ0n) is 44.5. The predicted octanol–water partition coefficient (Wildman–Crippen LogP) is 15.0. The van der Waals surface area contributed by atoms with E-state index in [9.17, 15) is 5.11 Å². The van der Waals surface area contributed by atoms with Crippen LogP contribution in [-0.4, -0.2) is 19.6 Å². The molecule has 0 saturated carbocycles. The minimum Gasteiger partial charge on any atom is -0.507 e. The first-order valence-corrected chi connectivity index (χ1v) is 20.9. The number of aryl methyl sites for hydroxylation is 2. The molecule has 9 aromatic rings. The van der Waals surface area contributed by atoms with Crippen molar-refractivity contribution in [2.75, 3.05) is 0 Å². The van der Waals surface area contributed by atoms with Crippen LogP contribution in [0.1, 0.15) is 69.0 Å². The molecule has 1 N–H and O–H groups in total. The average molecular weight is 1010 g/mol. The summed E-state index contributed by atoms with van der Waals surface area (Å²) in [6.45, 7) is -1.76. The Labute approximate surface area is 399 Å². The minimum absolute atomic E-state index is 0. The standard InChI is InChI=1S/C58H52N3O.Pt/c1-37(2)29-45-35-49(25-26-50(45)42-17-12-9-13-18-42)61-54-20-14-19-51(55(54)60-57(61)52-31-38(3)30-39(4)56(52)62)46-32-44(40-15-10-8-11-16-40)33-47(34-46)53-36-43(27-28-59-53)41-21-23-48(24-22-41)58(5,6)7;/h8-28,30-33,35-37,62H,29H2,1-7H3;/q-1;/i5D3,6D3,7D3;. The number of phenols is 1. The van der Waals surface area contributed by atoms with Crippen LogP contribution < -0.4 is 0 Å². The van der Waals surface area contributed by atoms with Crippen molar-refractivity contribution < 1.29 is 38.5 Å². The number of benzene rings is 7. The van der Waals surface area contributed by atoms with E-state index < -0.39 is 26.0 Å². The van der Waals surface area contributed by atoms with Crippen LogP contribution >= 0.6 is 0 Å². The van der Waals surface area contributed by atoms with Crippen LogP contribution in [-0.2, 0) is 32.9 Å². The van der Waals surface area contributed by atoms with E-state index in [-0.39, 0.29) is 32.4 Å². The third kappa shape index (κ3) is 8.83. The van der Waals surface area contributed by atoms with Crippen molar-refractivity contribution >= 4 is 11.0 Å². The number of hydrogen-bond acceptors (Lipinski definition) is 3. The molecular weight excluding hydrogens is 950 g/mol. The van der Waals surface area contributed by atoms with Crippen LogP contribution in [0, 0.1) is 25.8 Å². The van der Waals surface area contributed by atoms with Gasteiger partial charge in [0.05, 0.1) is 16.6 Å². The largest absolute Gasteiger partial charge is 0.507 e. The number of pyridine rings is 1. The van der Waals surface area contributed by atoms with Crippen molar-refractivity contribution in [2.24, 2.45) is 5.92 Å². The Hall–Kier alpha value is -6.35. The number of aromatic hydroxyl groups is 1. The Morgan fingerprint density at radius 2 is 1.35 bits per heavy atom. The van der Waals surface area contributed by atoms with Gasteiger partial charge in [0.1, 0.15) is 11.6 Å². The second kappa shape index (κ2) is 17.8. The van der Waals surface area contributed by atoms with E-state index in [1.54, 1.807) is 24.4 Å². The molecule has 0 unspecified atom stereocenters. The summed E-state index contributed by atoms with van der Waals surface area (Å²) >= 11 is 0. The van der Waals surface area contributed by atoms with Crippen LogP contribution in [0.3, 0.4) is 0 Å². The Balaban J connectivity index is 0.00000693. The SMILES string of the molecule is [2H]C([2H])([2H])C(c1ccc(-c2ccnc(-c3[c-]c(-c4cccc5c4nc(-c4cc(C)cc(C)c4O)n5-c4ccc(-c5ccccc5)c(CC(C)C)c4)cc(-c4ccccc4)c3)c2)cc1)(C([2H])([2H])[2H])C([2H])([2H])[2H].[Pt]. The second-order valence-corrected chi connectivity index (χ2v) is 16.5. The molecule has 0 fully saturated rings. The fraction of sp³-hybridized carbons (Fsp3) is 0.172. The quantitative estimate of drug-likeness (QED) is 0.147. The number of imidazole rings is 1. The van der Waals surface area contributed by atoms with Crippen LogP contribution in [0.4, 0.5) is 0 Å². The minimum atomic E-state index is -3.37. The molecule has 2 heterocycles. The zero-order chi connectivity index (χ0) is 50.6. The van der Waals surface area contributed by atoms with Gasteiger partial charge < -0.3 is 5.11 Å². The molecule has 0 aliphatic rings. The third-order valence-electron chi connectivity index (χ3n) is 11.4. The first-order chi connectivity index (χ1) is 33.7. The molecule has 7 aromatic carbocycles. The van der Waals surface area contributed by atoms with Crippen LogP contribution in [0.25, 0.3) is 83.9 Å². The first-order valence-electron chi connectivity index (χ1n) is 25.4. The molecule has 0 aliphatic carbocycles. The van der Waals surface area contributed by atoms with Gasteiger partial charge in [0, 0.05) is 51.0 Å². The normalized spacial score (nSPS) is 14.3. The van der Waals surface area contributed by atoms with E-state index >= 15 is 0 Å². The molecule has 0 bridgehead atoms. The Kier molecular flexibility index (Phi) is 9.39. The molecular formula is C58H52N3OPt-. The van der Waals surface area contributed by atoms with E-state index in [1.165, 1.54) is 17.7 Å². The van der Waals surface area contributed by atoms with Crippen LogP contribution in [0.2, 0.25) is 0 Å². The second-order valence-electron chi connectivity index (χ2n) is 16.5. The fourth-order valence-electron chi connectivity index (χ4n) is 8.44. The number of para-hydroxylation sites is 1. The van der Waals surface area contributed by atoms with E-state index in [0.29, 0.717) is 45.2 Å². The van der Waals surface area contributed by atoms with Crippen molar-refractivity contribution in [3.63, 3.8) is 0 Å². The van der Waals surface area contributed by atoms with Crippen LogP contribution in [0.15, 0.2) is 164 Å². The van der Waals surface area contributed by atoms with Gasteiger partial charge in [-0.3, -0.25) is 9.55 Å². The molecule has 0 spiro atoms. The number of fused-ring (bicyclic) bond motifs is 1. The predicted molar refractivity (Wildman–Crippen MR) is 259 cm³/mol. The summed E-state index contributed by atoms with van der Waals surface area (Å²) in [6.07, 6.45) is 2.51. The van der Waals surface area contributed by atoms with E-state index in [0.717, 1.165) is 62.1 Å². The summed E-state index contributed by atoms with van der Waals surface area (Å²) in [5.41, 5.74) is 10.8. The number of nitrogens with zero attached hydrogens (tertiary/aromatic N) is 3. The van der Waals surface area contributed by atoms with Crippen molar-refractivity contribution in [3.8, 4) is 78.6 Å². The van der Waals surface area contributed by atoms with Crippen molar-refractivity contribution in [3.05, 3.63) is 192 Å². The first kappa shape index (κ1) is 33.2. The monoisotopic (exact) mass is 1010 g/mol. The summed E-state index contributed by atoms with van der Waals surface area (Å²) in [7, 11) is 0. The number of rotatable bonds is 9. The number of aromatic nitrogens is 3. The molecule has 9 rings (SSSR count). The van der Waals surface area contributed by atoms with Gasteiger partial charge in [0.15, 0.2) is 0 Å². The molecule has 5 heteroatoms. The summed E-state index contributed by atoms with van der Waals surface area (Å²) in [5, 5.41) is 11.8. The molecule has 0 atom stereocenters. The maximum atomic E-state index is 11.8. The average Bonchev–Trinajstić information content (AvgIpc) is 3.72. The fourth-order valence-corrected chi connectivity index (χ4v) is 8.44. The Morgan fingerprint density at radius 1 is 0.651 bits per heavy atom. The topological polar surface area (TPSA) is 50.9 Å². The van der Waals surface area contributed by atoms with Crippen molar-refractivity contribution in [1.29, 1.82) is 0 Å². The van der Waals surface area contributed by atoms with Gasteiger partial charge in [-0.15, -0.1) is 23.8 Å². The number of hydrogen-bond donors (Lipinski definition) is 1. The van der Waals surface area contributed by atoms with Crippen molar-refractivity contribution in [1.82, 2.24) is 14.5 Å². The Morgan fingerprint density at radius 3 is 2.06 bits per heavy atom. The Bertz CT molecular complexity index is 3380. The van der Waals surface area contributed by atoms with Gasteiger partial charge in [0.25, 0.3) is 0 Å². The molecule has 2 aromatic heterocycles. The third-order valence-corrected chi connectivity index (χ3v) is 11.4. The summed E-state index contributed by atoms with van der Waals surface area (Å²) < 4.78 is 75.9. The van der Waals surface area contributed by atoms with Gasteiger partial charge in [-0.2, -0.15) is 0 Å². The van der Waals surface area contributed by atoms with E-state index in [4.69, 9.17) is 22.3 Å². The van der Waals surface area contributed by atoms with Gasteiger partial charge in [-0.25, -0.2) is 4.98 Å². The summed E-state index contributed by atoms with van der Waals surface area (Å²) in [6, 6.07) is 54.1. The zero-order valence-corrected chi connectivity index (χ0v) is 37.8. The van der Waals surface area contributed by atoms with E-state index in [2.05, 4.69) is 79.1 Å². The van der Waals surface area contributed by atoms with Crippen molar-refractivity contribution in [2.45, 2.75) is 60.1 Å². The summed E-state index contributed by atoms with van der Waals surface area (Å²) in [5.74, 6) is 1.14. The maximum Gasteiger partial charge on any atom is 0.148 e. The van der Waals surface area contributed by atoms with E-state index in [1.807, 2.05) is 86.6 Å². The van der Waals surface area contributed by atoms with Gasteiger partial charge in [0.2, 0.25) is 0 Å². The molecule has 0 amide bonds. The molecule has 4 nitrogen and oxygen atoms in total. The van der Waals surface area contributed by atoms with Gasteiger partial charge in [-0.05, 0) is 112 Å². The molecule has 316 valence electrons. The van der Waals surface area contributed by atoms with Gasteiger partial charge in [-0.1, -0.05) is 166 Å².